The third kappa shape index (κ3) is 2.22. The van der Waals surface area contributed by atoms with Gasteiger partial charge in [-0.2, -0.15) is 5.10 Å². The first-order valence-electron chi connectivity index (χ1n) is 5.62. The number of aryl methyl sites for hydroxylation is 1. The second-order valence-corrected chi connectivity index (χ2v) is 4.09. The Kier molecular flexibility index (Phi) is 3.24. The maximum Gasteiger partial charge on any atom is 0.123 e. The zero-order chi connectivity index (χ0) is 12.4. The van der Waals surface area contributed by atoms with Crippen molar-refractivity contribution in [1.29, 1.82) is 0 Å². The van der Waals surface area contributed by atoms with Crippen LogP contribution in [0.25, 0.3) is 11.3 Å². The molecule has 0 aliphatic rings. The second-order valence-electron chi connectivity index (χ2n) is 4.09. The van der Waals surface area contributed by atoms with E-state index in [2.05, 4.69) is 5.10 Å². The fourth-order valence-corrected chi connectivity index (χ4v) is 2.07. The molecule has 0 radical (unpaired) electrons. The molecule has 2 rings (SSSR count). The van der Waals surface area contributed by atoms with Gasteiger partial charge in [0.15, 0.2) is 0 Å². The quantitative estimate of drug-likeness (QED) is 0.881. The molecule has 0 saturated carbocycles. The molecular formula is C13H16FN3. The molecule has 1 heterocycles. The fourth-order valence-electron chi connectivity index (χ4n) is 2.07. The van der Waals surface area contributed by atoms with Crippen LogP contribution in [-0.2, 0) is 13.5 Å². The summed E-state index contributed by atoms with van der Waals surface area (Å²) in [6, 6.07) is 6.46. The highest BCUT2D eigenvalue weighted by atomic mass is 19.1. The summed E-state index contributed by atoms with van der Waals surface area (Å²) in [5.74, 6) is -0.226. The lowest BCUT2D eigenvalue weighted by molar-refractivity contribution is 0.628. The van der Waals surface area contributed by atoms with E-state index in [-0.39, 0.29) is 5.82 Å². The number of nitrogens with two attached hydrogens (primary N) is 1. The number of rotatable bonds is 3. The minimum absolute atomic E-state index is 0.226. The Balaban J connectivity index is 2.48. The average molecular weight is 233 g/mol. The van der Waals surface area contributed by atoms with E-state index in [0.29, 0.717) is 6.54 Å². The van der Waals surface area contributed by atoms with Crippen molar-refractivity contribution >= 4 is 0 Å². The van der Waals surface area contributed by atoms with Crippen LogP contribution in [0.5, 0.6) is 0 Å². The molecule has 2 aromatic rings. The van der Waals surface area contributed by atoms with E-state index in [1.807, 2.05) is 18.7 Å². The Labute approximate surface area is 100 Å². The van der Waals surface area contributed by atoms with E-state index >= 15 is 0 Å². The van der Waals surface area contributed by atoms with Crippen LogP contribution in [-0.4, -0.2) is 16.3 Å². The Bertz CT molecular complexity index is 514. The fraction of sp³-hybridized carbons (Fsp3) is 0.308. The molecule has 0 bridgehead atoms. The first kappa shape index (κ1) is 11.8. The molecule has 1 aromatic heterocycles. The largest absolute Gasteiger partial charge is 0.330 e. The molecule has 0 aliphatic heterocycles. The summed E-state index contributed by atoms with van der Waals surface area (Å²) in [6.45, 7) is 2.61. The molecule has 3 nitrogen and oxygen atoms in total. The summed E-state index contributed by atoms with van der Waals surface area (Å²) in [5, 5.41) is 4.44. The molecule has 90 valence electrons. The van der Waals surface area contributed by atoms with E-state index < -0.39 is 0 Å². The highest BCUT2D eigenvalue weighted by Gasteiger charge is 2.13. The smallest absolute Gasteiger partial charge is 0.123 e. The lowest BCUT2D eigenvalue weighted by Crippen LogP contribution is -2.04. The van der Waals surface area contributed by atoms with Crippen LogP contribution in [0, 0.1) is 12.7 Å². The number of hydrogen-bond acceptors (Lipinski definition) is 2. The lowest BCUT2D eigenvalue weighted by Gasteiger charge is -2.03. The van der Waals surface area contributed by atoms with Gasteiger partial charge in [0.1, 0.15) is 5.82 Å². The van der Waals surface area contributed by atoms with Gasteiger partial charge in [0.2, 0.25) is 0 Å². The Morgan fingerprint density at radius 2 is 1.94 bits per heavy atom. The Morgan fingerprint density at radius 1 is 1.29 bits per heavy atom. The molecule has 4 heteroatoms. The molecular weight excluding hydrogens is 217 g/mol. The molecule has 1 aromatic carbocycles. The molecule has 17 heavy (non-hydrogen) atoms. The standard InChI is InChI=1S/C13H16FN3/c1-9-12(7-8-15)16-17(2)13(9)10-3-5-11(14)6-4-10/h3-6H,7-8,15H2,1-2H3. The van der Waals surface area contributed by atoms with Crippen LogP contribution in [0.15, 0.2) is 24.3 Å². The first-order valence-corrected chi connectivity index (χ1v) is 5.62. The van der Waals surface area contributed by atoms with Crippen molar-refractivity contribution in [3.8, 4) is 11.3 Å². The predicted octanol–water partition coefficient (Wildman–Crippen LogP) is 2.04. The molecule has 0 amide bonds. The Hall–Kier alpha value is -1.68. The normalized spacial score (nSPS) is 10.8. The number of halogens is 1. The summed E-state index contributed by atoms with van der Waals surface area (Å²) in [5.41, 5.74) is 9.67. The zero-order valence-corrected chi connectivity index (χ0v) is 10.1. The monoisotopic (exact) mass is 233 g/mol. The minimum Gasteiger partial charge on any atom is -0.330 e. The van der Waals surface area contributed by atoms with Crippen LogP contribution in [0.1, 0.15) is 11.3 Å². The van der Waals surface area contributed by atoms with Gasteiger partial charge in [0.05, 0.1) is 11.4 Å². The number of hydrogen-bond donors (Lipinski definition) is 1. The highest BCUT2D eigenvalue weighted by molar-refractivity contribution is 5.64. The highest BCUT2D eigenvalue weighted by Crippen LogP contribution is 2.25. The Morgan fingerprint density at radius 3 is 2.53 bits per heavy atom. The summed E-state index contributed by atoms with van der Waals surface area (Å²) >= 11 is 0. The van der Waals surface area contributed by atoms with Crippen molar-refractivity contribution in [2.75, 3.05) is 6.54 Å². The van der Waals surface area contributed by atoms with E-state index in [1.54, 1.807) is 12.1 Å². The van der Waals surface area contributed by atoms with Gasteiger partial charge in [-0.05, 0) is 43.3 Å². The summed E-state index contributed by atoms with van der Waals surface area (Å²) in [7, 11) is 1.89. The van der Waals surface area contributed by atoms with Gasteiger partial charge in [0.25, 0.3) is 0 Å². The zero-order valence-electron chi connectivity index (χ0n) is 10.1. The average Bonchev–Trinajstić information content (AvgIpc) is 2.57. The van der Waals surface area contributed by atoms with Gasteiger partial charge < -0.3 is 5.73 Å². The molecule has 2 N–H and O–H groups in total. The molecule has 0 unspecified atom stereocenters. The molecule has 0 saturated heterocycles. The van der Waals surface area contributed by atoms with E-state index in [1.165, 1.54) is 12.1 Å². The van der Waals surface area contributed by atoms with Crippen LogP contribution in [0.3, 0.4) is 0 Å². The molecule has 0 fully saturated rings. The van der Waals surface area contributed by atoms with Crippen LogP contribution < -0.4 is 5.73 Å². The molecule has 0 aliphatic carbocycles. The summed E-state index contributed by atoms with van der Waals surface area (Å²) < 4.78 is 14.7. The molecule has 0 atom stereocenters. The minimum atomic E-state index is -0.226. The van der Waals surface area contributed by atoms with Gasteiger partial charge >= 0.3 is 0 Å². The number of aromatic nitrogens is 2. The van der Waals surface area contributed by atoms with Crippen molar-refractivity contribution in [2.45, 2.75) is 13.3 Å². The van der Waals surface area contributed by atoms with E-state index in [9.17, 15) is 4.39 Å². The van der Waals surface area contributed by atoms with Crippen LogP contribution >= 0.6 is 0 Å². The SMILES string of the molecule is Cc1c(CCN)nn(C)c1-c1ccc(F)cc1. The van der Waals surface area contributed by atoms with E-state index in [0.717, 1.165) is 28.9 Å². The van der Waals surface area contributed by atoms with Crippen molar-refractivity contribution in [3.63, 3.8) is 0 Å². The maximum absolute atomic E-state index is 12.9. The van der Waals surface area contributed by atoms with Gasteiger partial charge in [0, 0.05) is 19.0 Å². The third-order valence-corrected chi connectivity index (χ3v) is 2.88. The topological polar surface area (TPSA) is 43.8 Å². The lowest BCUT2D eigenvalue weighted by atomic mass is 10.1. The van der Waals surface area contributed by atoms with Crippen LogP contribution in [0.4, 0.5) is 4.39 Å². The number of nitrogens with zero attached hydrogens (tertiary/aromatic N) is 2. The van der Waals surface area contributed by atoms with Gasteiger partial charge in [-0.3, -0.25) is 4.68 Å². The van der Waals surface area contributed by atoms with Gasteiger partial charge in [-0.1, -0.05) is 0 Å². The predicted molar refractivity (Wildman–Crippen MR) is 66.1 cm³/mol. The first-order chi connectivity index (χ1) is 8.13. The van der Waals surface area contributed by atoms with Gasteiger partial charge in [-0.25, -0.2) is 4.39 Å². The summed E-state index contributed by atoms with van der Waals surface area (Å²) in [6.07, 6.45) is 0.765. The number of benzene rings is 1. The maximum atomic E-state index is 12.9. The van der Waals surface area contributed by atoms with Crippen molar-refractivity contribution in [1.82, 2.24) is 9.78 Å². The third-order valence-electron chi connectivity index (χ3n) is 2.88. The van der Waals surface area contributed by atoms with Crippen molar-refractivity contribution < 1.29 is 4.39 Å². The van der Waals surface area contributed by atoms with Crippen molar-refractivity contribution in [3.05, 3.63) is 41.3 Å². The van der Waals surface area contributed by atoms with Crippen molar-refractivity contribution in [2.24, 2.45) is 12.8 Å². The van der Waals surface area contributed by atoms with E-state index in [4.69, 9.17) is 5.73 Å². The van der Waals surface area contributed by atoms with Crippen LogP contribution in [0.2, 0.25) is 0 Å². The molecule has 0 spiro atoms. The second kappa shape index (κ2) is 4.67. The summed E-state index contributed by atoms with van der Waals surface area (Å²) in [4.78, 5) is 0. The van der Waals surface area contributed by atoms with Gasteiger partial charge in [-0.15, -0.1) is 0 Å².